The highest BCUT2D eigenvalue weighted by atomic mass is 32.2. The molecule has 1 atom stereocenters. The van der Waals surface area contributed by atoms with Gasteiger partial charge in [0.05, 0.1) is 6.20 Å². The molecule has 1 saturated heterocycles. The molecule has 0 aliphatic carbocycles. The summed E-state index contributed by atoms with van der Waals surface area (Å²) in [6.45, 7) is 6.18. The van der Waals surface area contributed by atoms with Crippen molar-refractivity contribution in [3.8, 4) is 0 Å². The zero-order valence-corrected chi connectivity index (χ0v) is 13.2. The molecule has 1 aliphatic heterocycles. The van der Waals surface area contributed by atoms with Crippen LogP contribution >= 0.6 is 0 Å². The van der Waals surface area contributed by atoms with Gasteiger partial charge in [-0.3, -0.25) is 4.68 Å². The lowest BCUT2D eigenvalue weighted by molar-refractivity contribution is 0.277. The Kier molecular flexibility index (Phi) is 5.74. The van der Waals surface area contributed by atoms with Gasteiger partial charge < -0.3 is 10.0 Å². The lowest BCUT2D eigenvalue weighted by Gasteiger charge is -2.13. The predicted molar refractivity (Wildman–Crippen MR) is 79.3 cm³/mol. The summed E-state index contributed by atoms with van der Waals surface area (Å²) in [5.41, 5.74) is 0. The number of nitrogens with zero attached hydrogens (tertiary/aromatic N) is 3. The maximum absolute atomic E-state index is 12.2. The highest BCUT2D eigenvalue weighted by Crippen LogP contribution is 2.16. The van der Waals surface area contributed by atoms with Crippen LogP contribution in [-0.2, 0) is 16.6 Å². The van der Waals surface area contributed by atoms with Crippen molar-refractivity contribution in [3.63, 3.8) is 0 Å². The van der Waals surface area contributed by atoms with E-state index in [9.17, 15) is 8.42 Å². The first-order chi connectivity index (χ1) is 10.0. The fourth-order valence-corrected chi connectivity index (χ4v) is 3.58. The summed E-state index contributed by atoms with van der Waals surface area (Å²) in [7, 11) is -3.49. The Morgan fingerprint density at radius 2 is 2.33 bits per heavy atom. The molecule has 2 heterocycles. The number of nitrogens with one attached hydrogen (secondary N) is 1. The van der Waals surface area contributed by atoms with Gasteiger partial charge in [-0.1, -0.05) is 6.92 Å². The van der Waals surface area contributed by atoms with E-state index in [0.29, 0.717) is 25.4 Å². The molecule has 120 valence electrons. The van der Waals surface area contributed by atoms with Gasteiger partial charge in [-0.05, 0) is 31.8 Å². The Hall–Kier alpha value is -0.960. The van der Waals surface area contributed by atoms with E-state index in [0.717, 1.165) is 26.1 Å². The van der Waals surface area contributed by atoms with Gasteiger partial charge in [0.2, 0.25) is 10.0 Å². The van der Waals surface area contributed by atoms with Gasteiger partial charge in [0.25, 0.3) is 0 Å². The third-order valence-electron chi connectivity index (χ3n) is 3.84. The number of aromatic nitrogens is 2. The van der Waals surface area contributed by atoms with Gasteiger partial charge in [0.1, 0.15) is 4.90 Å². The molecule has 1 fully saturated rings. The zero-order chi connectivity index (χ0) is 15.3. The van der Waals surface area contributed by atoms with Crippen molar-refractivity contribution in [2.24, 2.45) is 5.92 Å². The van der Waals surface area contributed by atoms with E-state index >= 15 is 0 Å². The molecule has 0 radical (unpaired) electrons. The van der Waals surface area contributed by atoms with Crippen molar-refractivity contribution in [2.75, 3.05) is 32.8 Å². The van der Waals surface area contributed by atoms with Crippen LogP contribution in [0, 0.1) is 5.92 Å². The van der Waals surface area contributed by atoms with E-state index in [1.165, 1.54) is 12.4 Å². The first-order valence-corrected chi connectivity index (χ1v) is 8.89. The SMILES string of the molecule is CCN1CCC(CNS(=O)(=O)c2cnn(CCCO)c2)C1. The normalized spacial score (nSPS) is 20.2. The molecule has 1 aromatic heterocycles. The maximum atomic E-state index is 12.2. The largest absolute Gasteiger partial charge is 0.396 e. The van der Waals surface area contributed by atoms with Crippen LogP contribution in [0.25, 0.3) is 0 Å². The van der Waals surface area contributed by atoms with Gasteiger partial charge in [0.15, 0.2) is 0 Å². The van der Waals surface area contributed by atoms with E-state index in [1.807, 2.05) is 0 Å². The van der Waals surface area contributed by atoms with E-state index in [2.05, 4.69) is 21.6 Å². The average molecular weight is 316 g/mol. The third kappa shape index (κ3) is 4.50. The Balaban J connectivity index is 1.88. The smallest absolute Gasteiger partial charge is 0.243 e. The summed E-state index contributed by atoms with van der Waals surface area (Å²) in [5.74, 6) is 0.379. The second-order valence-corrected chi connectivity index (χ2v) is 7.18. The molecular weight excluding hydrogens is 292 g/mol. The van der Waals surface area contributed by atoms with Crippen LogP contribution in [0.1, 0.15) is 19.8 Å². The number of hydrogen-bond acceptors (Lipinski definition) is 5. The van der Waals surface area contributed by atoms with Crippen LogP contribution in [0.15, 0.2) is 17.3 Å². The fraction of sp³-hybridized carbons (Fsp3) is 0.769. The minimum Gasteiger partial charge on any atom is -0.396 e. The summed E-state index contributed by atoms with van der Waals surface area (Å²) >= 11 is 0. The molecule has 7 nitrogen and oxygen atoms in total. The Bertz CT molecular complexity index is 543. The summed E-state index contributed by atoms with van der Waals surface area (Å²) in [4.78, 5) is 2.51. The molecule has 1 aliphatic rings. The number of sulfonamides is 1. The van der Waals surface area contributed by atoms with Crippen molar-refractivity contribution in [3.05, 3.63) is 12.4 Å². The number of aryl methyl sites for hydroxylation is 1. The Labute approximate surface area is 126 Å². The van der Waals surface area contributed by atoms with Crippen molar-refractivity contribution in [2.45, 2.75) is 31.2 Å². The highest BCUT2D eigenvalue weighted by molar-refractivity contribution is 7.89. The van der Waals surface area contributed by atoms with Crippen LogP contribution in [-0.4, -0.2) is 61.0 Å². The Morgan fingerprint density at radius 1 is 1.52 bits per heavy atom. The molecule has 2 N–H and O–H groups in total. The minimum atomic E-state index is -3.49. The quantitative estimate of drug-likeness (QED) is 0.698. The highest BCUT2D eigenvalue weighted by Gasteiger charge is 2.24. The van der Waals surface area contributed by atoms with Crippen LogP contribution in [0.4, 0.5) is 0 Å². The fourth-order valence-electron chi connectivity index (χ4n) is 2.52. The summed E-state index contributed by atoms with van der Waals surface area (Å²) in [6, 6.07) is 0. The summed E-state index contributed by atoms with van der Waals surface area (Å²) in [5, 5.41) is 12.8. The van der Waals surface area contributed by atoms with Gasteiger partial charge >= 0.3 is 0 Å². The van der Waals surface area contributed by atoms with Crippen LogP contribution in [0.5, 0.6) is 0 Å². The van der Waals surface area contributed by atoms with Gasteiger partial charge in [0, 0.05) is 32.4 Å². The van der Waals surface area contributed by atoms with E-state index in [1.54, 1.807) is 4.68 Å². The molecule has 0 aromatic carbocycles. The van der Waals surface area contributed by atoms with Crippen LogP contribution in [0.2, 0.25) is 0 Å². The van der Waals surface area contributed by atoms with Gasteiger partial charge in [-0.15, -0.1) is 0 Å². The number of rotatable bonds is 8. The standard InChI is InChI=1S/C13H24N4O3S/c1-2-16-6-4-12(10-16)8-15-21(19,20)13-9-14-17(11-13)5-3-7-18/h9,11-12,15,18H,2-8,10H2,1H3. The average Bonchev–Trinajstić information content (AvgIpc) is 3.12. The maximum Gasteiger partial charge on any atom is 0.243 e. The van der Waals surface area contributed by atoms with Crippen LogP contribution in [0.3, 0.4) is 0 Å². The summed E-state index contributed by atoms with van der Waals surface area (Å²) < 4.78 is 28.6. The molecule has 0 amide bonds. The number of aliphatic hydroxyl groups is 1. The monoisotopic (exact) mass is 316 g/mol. The van der Waals surface area contributed by atoms with Gasteiger partial charge in [-0.2, -0.15) is 5.10 Å². The first-order valence-electron chi connectivity index (χ1n) is 7.40. The first kappa shape index (κ1) is 16.4. The number of hydrogen-bond donors (Lipinski definition) is 2. The molecule has 8 heteroatoms. The lowest BCUT2D eigenvalue weighted by atomic mass is 10.1. The topological polar surface area (TPSA) is 87.5 Å². The number of aliphatic hydroxyl groups excluding tert-OH is 1. The molecule has 1 aromatic rings. The van der Waals surface area contributed by atoms with Crippen molar-refractivity contribution in [1.82, 2.24) is 19.4 Å². The van der Waals surface area contributed by atoms with Crippen molar-refractivity contribution >= 4 is 10.0 Å². The van der Waals surface area contributed by atoms with Gasteiger partial charge in [-0.25, -0.2) is 13.1 Å². The second kappa shape index (κ2) is 7.35. The Morgan fingerprint density at radius 3 is 3.00 bits per heavy atom. The van der Waals surface area contributed by atoms with Crippen molar-refractivity contribution < 1.29 is 13.5 Å². The van der Waals surface area contributed by atoms with Crippen LogP contribution < -0.4 is 4.72 Å². The molecule has 2 rings (SSSR count). The molecule has 21 heavy (non-hydrogen) atoms. The minimum absolute atomic E-state index is 0.0653. The molecule has 0 bridgehead atoms. The van der Waals surface area contributed by atoms with E-state index < -0.39 is 10.0 Å². The molecular formula is C13H24N4O3S. The molecule has 0 saturated carbocycles. The summed E-state index contributed by atoms with van der Waals surface area (Å²) in [6.07, 6.45) is 4.45. The number of likely N-dealkylation sites (tertiary alicyclic amines) is 1. The zero-order valence-electron chi connectivity index (χ0n) is 12.4. The van der Waals surface area contributed by atoms with E-state index in [4.69, 9.17) is 5.11 Å². The molecule has 0 spiro atoms. The third-order valence-corrected chi connectivity index (χ3v) is 5.22. The lowest BCUT2D eigenvalue weighted by Crippen LogP contribution is -2.31. The van der Waals surface area contributed by atoms with Crippen molar-refractivity contribution in [1.29, 1.82) is 0 Å². The second-order valence-electron chi connectivity index (χ2n) is 5.42. The van der Waals surface area contributed by atoms with E-state index in [-0.39, 0.29) is 11.5 Å². The molecule has 1 unspecified atom stereocenters. The predicted octanol–water partition coefficient (Wildman–Crippen LogP) is -0.114.